The van der Waals surface area contributed by atoms with Crippen molar-refractivity contribution < 1.29 is 9.66 Å². The summed E-state index contributed by atoms with van der Waals surface area (Å²) in [4.78, 5) is 19.8. The molecule has 152 valence electrons. The predicted octanol–water partition coefficient (Wildman–Crippen LogP) is 4.50. The van der Waals surface area contributed by atoms with Crippen LogP contribution in [0.1, 0.15) is 11.3 Å². The van der Waals surface area contributed by atoms with Gasteiger partial charge in [0.2, 0.25) is 11.8 Å². The fourth-order valence-electron chi connectivity index (χ4n) is 3.03. The third-order valence-corrected chi connectivity index (χ3v) is 5.02. The van der Waals surface area contributed by atoms with Crippen LogP contribution in [0.25, 0.3) is 11.0 Å². The Morgan fingerprint density at radius 3 is 2.63 bits per heavy atom. The number of nitrogens with zero attached hydrogens (tertiary/aromatic N) is 5. The SMILES string of the molecule is COc1ccccc1Nc1nc(Nc2c(C)ccc3nsnc23)nc(C)c1[N+](=O)[O-]. The summed E-state index contributed by atoms with van der Waals surface area (Å²) in [5.41, 5.74) is 3.63. The van der Waals surface area contributed by atoms with Gasteiger partial charge in [0.05, 0.1) is 35.1 Å². The lowest BCUT2D eigenvalue weighted by Crippen LogP contribution is -2.08. The van der Waals surface area contributed by atoms with E-state index < -0.39 is 4.92 Å². The molecule has 0 unspecified atom stereocenters. The lowest BCUT2D eigenvalue weighted by atomic mass is 10.1. The number of anilines is 4. The summed E-state index contributed by atoms with van der Waals surface area (Å²) in [5.74, 6) is 0.798. The van der Waals surface area contributed by atoms with Crippen molar-refractivity contribution in [2.24, 2.45) is 0 Å². The molecular formula is C19H17N7O3S. The summed E-state index contributed by atoms with van der Waals surface area (Å²) in [7, 11) is 1.53. The van der Waals surface area contributed by atoms with Gasteiger partial charge in [-0.3, -0.25) is 10.1 Å². The van der Waals surface area contributed by atoms with E-state index in [4.69, 9.17) is 4.74 Å². The van der Waals surface area contributed by atoms with Gasteiger partial charge in [-0.05, 0) is 37.6 Å². The van der Waals surface area contributed by atoms with Crippen LogP contribution in [-0.4, -0.2) is 30.7 Å². The molecule has 30 heavy (non-hydrogen) atoms. The fourth-order valence-corrected chi connectivity index (χ4v) is 3.57. The van der Waals surface area contributed by atoms with Gasteiger partial charge in [0.1, 0.15) is 22.5 Å². The average molecular weight is 423 g/mol. The highest BCUT2D eigenvalue weighted by Crippen LogP contribution is 2.34. The van der Waals surface area contributed by atoms with E-state index in [1.165, 1.54) is 7.11 Å². The molecule has 0 saturated carbocycles. The summed E-state index contributed by atoms with van der Waals surface area (Å²) >= 11 is 1.11. The Balaban J connectivity index is 1.79. The minimum Gasteiger partial charge on any atom is -0.495 e. The topological polar surface area (TPSA) is 128 Å². The zero-order chi connectivity index (χ0) is 21.3. The third kappa shape index (κ3) is 3.57. The summed E-state index contributed by atoms with van der Waals surface area (Å²) in [6, 6.07) is 10.9. The molecule has 10 nitrogen and oxygen atoms in total. The molecule has 4 rings (SSSR count). The van der Waals surface area contributed by atoms with Crippen LogP contribution in [0.5, 0.6) is 5.75 Å². The first-order chi connectivity index (χ1) is 14.5. The van der Waals surface area contributed by atoms with Gasteiger partial charge in [0.15, 0.2) is 0 Å². The second-order valence-electron chi connectivity index (χ2n) is 6.43. The zero-order valence-electron chi connectivity index (χ0n) is 16.3. The lowest BCUT2D eigenvalue weighted by molar-refractivity contribution is -0.385. The molecule has 0 radical (unpaired) electrons. The number of nitro groups is 1. The van der Waals surface area contributed by atoms with Crippen LogP contribution in [0.3, 0.4) is 0 Å². The summed E-state index contributed by atoms with van der Waals surface area (Å²) in [6.45, 7) is 3.49. The van der Waals surface area contributed by atoms with Crippen LogP contribution in [0.15, 0.2) is 36.4 Å². The van der Waals surface area contributed by atoms with E-state index in [0.717, 1.165) is 22.8 Å². The molecule has 11 heteroatoms. The quantitative estimate of drug-likeness (QED) is 0.340. The summed E-state index contributed by atoms with van der Waals surface area (Å²) < 4.78 is 13.9. The van der Waals surface area contributed by atoms with E-state index in [1.807, 2.05) is 25.1 Å². The molecule has 0 fully saturated rings. The number of fused-ring (bicyclic) bond motifs is 1. The maximum Gasteiger partial charge on any atom is 0.332 e. The van der Waals surface area contributed by atoms with Crippen LogP contribution >= 0.6 is 11.7 Å². The number of aromatic nitrogens is 4. The molecule has 2 aromatic heterocycles. The molecule has 4 aromatic rings. The standard InChI is InChI=1S/C19H17N7O3S/c1-10-8-9-13-16(25-30-24-13)15(10)22-19-20-11(2)17(26(27)28)18(23-19)21-12-6-4-5-7-14(12)29-3/h4-9H,1-3H3,(H2,20,21,22,23). The predicted molar refractivity (Wildman–Crippen MR) is 115 cm³/mol. The second kappa shape index (κ2) is 7.87. The Hall–Kier alpha value is -3.86. The van der Waals surface area contributed by atoms with Crippen molar-refractivity contribution in [1.29, 1.82) is 0 Å². The average Bonchev–Trinajstić information content (AvgIpc) is 3.19. The van der Waals surface area contributed by atoms with Crippen molar-refractivity contribution in [3.63, 3.8) is 0 Å². The highest BCUT2D eigenvalue weighted by molar-refractivity contribution is 7.00. The molecule has 2 N–H and O–H groups in total. The van der Waals surface area contributed by atoms with E-state index in [2.05, 4.69) is 29.3 Å². The molecule has 0 spiro atoms. The first-order valence-corrected chi connectivity index (χ1v) is 9.63. The number of ether oxygens (including phenoxy) is 1. The Labute approximate surface area is 175 Å². The molecule has 0 amide bonds. The molecule has 0 saturated heterocycles. The van der Waals surface area contributed by atoms with Gasteiger partial charge in [0, 0.05) is 0 Å². The minimum absolute atomic E-state index is 0.0562. The lowest BCUT2D eigenvalue weighted by Gasteiger charge is -2.14. The van der Waals surface area contributed by atoms with Gasteiger partial charge in [0.25, 0.3) is 0 Å². The van der Waals surface area contributed by atoms with Crippen molar-refractivity contribution in [3.05, 3.63) is 57.8 Å². The smallest absolute Gasteiger partial charge is 0.332 e. The highest BCUT2D eigenvalue weighted by atomic mass is 32.1. The van der Waals surface area contributed by atoms with Crippen LogP contribution in [0.2, 0.25) is 0 Å². The maximum atomic E-state index is 11.7. The van der Waals surface area contributed by atoms with Crippen molar-refractivity contribution in [2.45, 2.75) is 13.8 Å². The van der Waals surface area contributed by atoms with E-state index in [-0.39, 0.29) is 23.1 Å². The first-order valence-electron chi connectivity index (χ1n) is 8.90. The molecule has 2 aromatic carbocycles. The number of nitrogens with one attached hydrogen (secondary N) is 2. The maximum absolute atomic E-state index is 11.7. The number of hydrogen-bond donors (Lipinski definition) is 2. The van der Waals surface area contributed by atoms with Gasteiger partial charge in [-0.15, -0.1) is 0 Å². The van der Waals surface area contributed by atoms with E-state index in [0.29, 0.717) is 22.6 Å². The van der Waals surface area contributed by atoms with Crippen LogP contribution in [0.4, 0.5) is 28.8 Å². The van der Waals surface area contributed by atoms with Crippen LogP contribution in [0, 0.1) is 24.0 Å². The summed E-state index contributed by atoms with van der Waals surface area (Å²) in [6.07, 6.45) is 0. The molecule has 0 aliphatic carbocycles. The Bertz CT molecular complexity index is 1260. The van der Waals surface area contributed by atoms with Crippen LogP contribution < -0.4 is 15.4 Å². The number of para-hydroxylation sites is 2. The highest BCUT2D eigenvalue weighted by Gasteiger charge is 2.24. The zero-order valence-corrected chi connectivity index (χ0v) is 17.1. The Morgan fingerprint density at radius 1 is 1.07 bits per heavy atom. The fraction of sp³-hybridized carbons (Fsp3) is 0.158. The summed E-state index contributed by atoms with van der Waals surface area (Å²) in [5, 5.41) is 17.8. The first kappa shape index (κ1) is 19.5. The van der Waals surface area contributed by atoms with Gasteiger partial charge >= 0.3 is 5.69 Å². The molecule has 0 atom stereocenters. The number of methoxy groups -OCH3 is 1. The number of aryl methyl sites for hydroxylation is 2. The number of rotatable bonds is 6. The van der Waals surface area contributed by atoms with Gasteiger partial charge in [-0.2, -0.15) is 13.7 Å². The normalized spacial score (nSPS) is 10.8. The monoisotopic (exact) mass is 423 g/mol. The van der Waals surface area contributed by atoms with Crippen molar-refractivity contribution in [3.8, 4) is 5.75 Å². The molecule has 0 bridgehead atoms. The van der Waals surface area contributed by atoms with Crippen molar-refractivity contribution in [2.75, 3.05) is 17.7 Å². The minimum atomic E-state index is -0.507. The molecule has 0 aliphatic heterocycles. The number of benzene rings is 2. The van der Waals surface area contributed by atoms with E-state index in [9.17, 15) is 10.1 Å². The van der Waals surface area contributed by atoms with Crippen molar-refractivity contribution >= 4 is 51.6 Å². The Morgan fingerprint density at radius 2 is 1.87 bits per heavy atom. The van der Waals surface area contributed by atoms with Gasteiger partial charge in [-0.25, -0.2) is 4.98 Å². The van der Waals surface area contributed by atoms with E-state index >= 15 is 0 Å². The van der Waals surface area contributed by atoms with Crippen LogP contribution in [-0.2, 0) is 0 Å². The number of hydrogen-bond acceptors (Lipinski definition) is 10. The third-order valence-electron chi connectivity index (χ3n) is 4.47. The second-order valence-corrected chi connectivity index (χ2v) is 6.96. The van der Waals surface area contributed by atoms with Gasteiger partial charge in [-0.1, -0.05) is 18.2 Å². The molecular weight excluding hydrogens is 406 g/mol. The molecule has 0 aliphatic rings. The Kier molecular flexibility index (Phi) is 5.11. The van der Waals surface area contributed by atoms with Crippen molar-refractivity contribution in [1.82, 2.24) is 18.7 Å². The van der Waals surface area contributed by atoms with E-state index in [1.54, 1.807) is 25.1 Å². The van der Waals surface area contributed by atoms with Gasteiger partial charge < -0.3 is 15.4 Å². The molecule has 2 heterocycles. The largest absolute Gasteiger partial charge is 0.495 e.